The van der Waals surface area contributed by atoms with Crippen LogP contribution in [0.15, 0.2) is 96.3 Å². The molecule has 0 aliphatic heterocycles. The minimum Gasteiger partial charge on any atom is -0.495 e. The Labute approximate surface area is 192 Å². The van der Waals surface area contributed by atoms with E-state index >= 15 is 0 Å². The van der Waals surface area contributed by atoms with Crippen LogP contribution in [0.25, 0.3) is 0 Å². The molecule has 0 bridgehead atoms. The molecular weight excluding hydrogens is 394 g/mol. The van der Waals surface area contributed by atoms with E-state index in [0.29, 0.717) is 12.5 Å². The molecule has 0 saturated heterocycles. The molecule has 0 amide bonds. The lowest BCUT2D eigenvalue weighted by atomic mass is 9.83. The van der Waals surface area contributed by atoms with E-state index in [1.807, 2.05) is 36.4 Å². The molecule has 2 N–H and O–H groups in total. The zero-order chi connectivity index (χ0) is 22.0. The summed E-state index contributed by atoms with van der Waals surface area (Å²) in [5.74, 6) is 1.62. The van der Waals surface area contributed by atoms with E-state index in [4.69, 9.17) is 4.74 Å². The molecule has 168 valence electrons. The van der Waals surface area contributed by atoms with Gasteiger partial charge in [0.2, 0.25) is 0 Å². The molecule has 2 aromatic carbocycles. The van der Waals surface area contributed by atoms with Crippen LogP contribution in [0.5, 0.6) is 0 Å². The Morgan fingerprint density at radius 1 is 0.875 bits per heavy atom. The fourth-order valence-electron chi connectivity index (χ4n) is 4.67. The van der Waals surface area contributed by atoms with Gasteiger partial charge in [-0.2, -0.15) is 0 Å². The van der Waals surface area contributed by atoms with Crippen molar-refractivity contribution in [2.75, 3.05) is 13.2 Å². The monoisotopic (exact) mass is 429 g/mol. The molecule has 0 heterocycles. The van der Waals surface area contributed by atoms with Crippen LogP contribution in [0.1, 0.15) is 55.7 Å². The van der Waals surface area contributed by atoms with E-state index in [1.54, 1.807) is 0 Å². The fraction of sp³-hybridized carbons (Fsp3) is 0.379. The number of allylic oxidation sites excluding steroid dienone is 5. The molecule has 3 heteroatoms. The van der Waals surface area contributed by atoms with Crippen LogP contribution in [-0.4, -0.2) is 24.4 Å². The molecule has 4 rings (SSSR count). The number of aliphatic hydroxyl groups excluding tert-OH is 1. The van der Waals surface area contributed by atoms with Gasteiger partial charge in [-0.3, -0.25) is 0 Å². The number of nitrogens with one attached hydrogen (secondary N) is 1. The van der Waals surface area contributed by atoms with Crippen LogP contribution in [0, 0.1) is 5.92 Å². The van der Waals surface area contributed by atoms with Gasteiger partial charge in [0.05, 0.1) is 11.8 Å². The molecule has 1 unspecified atom stereocenters. The third kappa shape index (κ3) is 6.44. The number of ether oxygens (including phenoxy) is 1. The second-order valence-electron chi connectivity index (χ2n) is 8.87. The first-order valence-electron chi connectivity index (χ1n) is 12.0. The standard InChI is InChI=1S/C29H35NO2/c31-27(21-30-29(25-13-6-2-7-14-25)26-15-8-3-9-16-26)22-32-28-18-10-17-24(19-20-28)23-11-4-1-5-12-23/h2-3,6-10,13-17,19-20,23,27,29-31H,1,4-5,11-12,18,21-22H2. The highest BCUT2D eigenvalue weighted by atomic mass is 16.5. The average molecular weight is 430 g/mol. The molecule has 0 spiro atoms. The van der Waals surface area contributed by atoms with Crippen LogP contribution in [-0.2, 0) is 4.74 Å². The number of aliphatic hydroxyl groups is 1. The summed E-state index contributed by atoms with van der Waals surface area (Å²) in [7, 11) is 0. The minimum absolute atomic E-state index is 0.0352. The fourth-order valence-corrected chi connectivity index (χ4v) is 4.67. The summed E-state index contributed by atoms with van der Waals surface area (Å²) in [6.07, 6.45) is 15.6. The largest absolute Gasteiger partial charge is 0.495 e. The van der Waals surface area contributed by atoms with Crippen molar-refractivity contribution >= 4 is 0 Å². The van der Waals surface area contributed by atoms with Crippen LogP contribution >= 0.6 is 0 Å². The van der Waals surface area contributed by atoms with Gasteiger partial charge in [0, 0.05) is 13.0 Å². The second kappa shape index (κ2) is 11.8. The lowest BCUT2D eigenvalue weighted by Crippen LogP contribution is -2.33. The Hall–Kier alpha value is -2.62. The predicted molar refractivity (Wildman–Crippen MR) is 131 cm³/mol. The number of hydrogen-bond donors (Lipinski definition) is 2. The van der Waals surface area contributed by atoms with Gasteiger partial charge < -0.3 is 15.2 Å². The highest BCUT2D eigenvalue weighted by Crippen LogP contribution is 2.31. The first-order chi connectivity index (χ1) is 15.8. The molecule has 1 fully saturated rings. The smallest absolute Gasteiger partial charge is 0.115 e. The summed E-state index contributed by atoms with van der Waals surface area (Å²) in [5, 5.41) is 14.1. The van der Waals surface area contributed by atoms with Crippen molar-refractivity contribution < 1.29 is 9.84 Å². The Morgan fingerprint density at radius 2 is 1.53 bits per heavy atom. The summed E-state index contributed by atoms with van der Waals surface area (Å²) in [4.78, 5) is 0. The van der Waals surface area contributed by atoms with Gasteiger partial charge in [0.1, 0.15) is 12.7 Å². The number of benzene rings is 2. The van der Waals surface area contributed by atoms with Crippen LogP contribution in [0.3, 0.4) is 0 Å². The van der Waals surface area contributed by atoms with Crippen LogP contribution < -0.4 is 5.32 Å². The molecular formula is C29H35NO2. The summed E-state index contributed by atoms with van der Waals surface area (Å²) < 4.78 is 5.98. The molecule has 1 saturated carbocycles. The third-order valence-corrected chi connectivity index (χ3v) is 6.45. The van der Waals surface area contributed by atoms with Crippen molar-refractivity contribution in [3.8, 4) is 0 Å². The Morgan fingerprint density at radius 3 is 2.19 bits per heavy atom. The van der Waals surface area contributed by atoms with E-state index in [1.165, 1.54) is 48.8 Å². The highest BCUT2D eigenvalue weighted by Gasteiger charge is 2.18. The van der Waals surface area contributed by atoms with Crippen molar-refractivity contribution in [3.63, 3.8) is 0 Å². The van der Waals surface area contributed by atoms with E-state index in [-0.39, 0.29) is 12.6 Å². The van der Waals surface area contributed by atoms with Crippen molar-refractivity contribution in [1.82, 2.24) is 5.32 Å². The van der Waals surface area contributed by atoms with E-state index in [9.17, 15) is 5.11 Å². The van der Waals surface area contributed by atoms with Crippen molar-refractivity contribution in [2.45, 2.75) is 50.7 Å². The van der Waals surface area contributed by atoms with Crippen LogP contribution in [0.4, 0.5) is 0 Å². The van der Waals surface area contributed by atoms with Gasteiger partial charge in [-0.05, 0) is 41.5 Å². The van der Waals surface area contributed by atoms with Crippen LogP contribution in [0.2, 0.25) is 0 Å². The maximum atomic E-state index is 10.6. The molecule has 2 aliphatic rings. The summed E-state index contributed by atoms with van der Waals surface area (Å²) >= 11 is 0. The zero-order valence-corrected chi connectivity index (χ0v) is 18.8. The molecule has 32 heavy (non-hydrogen) atoms. The van der Waals surface area contributed by atoms with E-state index < -0.39 is 6.10 Å². The van der Waals surface area contributed by atoms with Gasteiger partial charge in [0.25, 0.3) is 0 Å². The minimum atomic E-state index is -0.583. The van der Waals surface area contributed by atoms with Crippen molar-refractivity contribution in [3.05, 3.63) is 107 Å². The van der Waals surface area contributed by atoms with E-state index in [2.05, 4.69) is 53.9 Å². The Balaban J connectivity index is 1.31. The van der Waals surface area contributed by atoms with Gasteiger partial charge in [-0.15, -0.1) is 0 Å². The SMILES string of the molecule is OC(CNC(c1ccccc1)c1ccccc1)COC1=CC=C(C2CCCCC2)C=CC1. The average Bonchev–Trinajstić information content (AvgIpc) is 3.11. The maximum absolute atomic E-state index is 10.6. The van der Waals surface area contributed by atoms with Gasteiger partial charge in [0.15, 0.2) is 0 Å². The van der Waals surface area contributed by atoms with Crippen molar-refractivity contribution in [1.29, 1.82) is 0 Å². The second-order valence-corrected chi connectivity index (χ2v) is 8.87. The van der Waals surface area contributed by atoms with E-state index in [0.717, 1.165) is 12.2 Å². The molecule has 2 aromatic rings. The quantitative estimate of drug-likeness (QED) is 0.506. The Bertz CT molecular complexity index is 871. The Kier molecular flexibility index (Phi) is 8.35. The first-order valence-corrected chi connectivity index (χ1v) is 12.0. The van der Waals surface area contributed by atoms with Crippen molar-refractivity contribution in [2.24, 2.45) is 5.92 Å². The maximum Gasteiger partial charge on any atom is 0.115 e. The number of rotatable bonds is 9. The summed E-state index contributed by atoms with van der Waals surface area (Å²) in [6.45, 7) is 0.746. The zero-order valence-electron chi connectivity index (χ0n) is 18.8. The first kappa shape index (κ1) is 22.6. The predicted octanol–water partition coefficient (Wildman–Crippen LogP) is 6.09. The molecule has 2 aliphatic carbocycles. The lowest BCUT2D eigenvalue weighted by Gasteiger charge is -2.22. The van der Waals surface area contributed by atoms with Gasteiger partial charge in [-0.1, -0.05) is 98.2 Å². The molecule has 1 atom stereocenters. The number of hydrogen-bond acceptors (Lipinski definition) is 3. The summed E-state index contributed by atoms with van der Waals surface area (Å²) in [6, 6.07) is 20.8. The lowest BCUT2D eigenvalue weighted by molar-refractivity contribution is 0.0686. The molecule has 0 aromatic heterocycles. The molecule has 0 radical (unpaired) electrons. The summed E-state index contributed by atoms with van der Waals surface area (Å²) in [5.41, 5.74) is 3.80. The molecule has 3 nitrogen and oxygen atoms in total. The third-order valence-electron chi connectivity index (χ3n) is 6.45. The highest BCUT2D eigenvalue weighted by molar-refractivity contribution is 5.32. The normalized spacial score (nSPS) is 18.1. The van der Waals surface area contributed by atoms with Gasteiger partial charge >= 0.3 is 0 Å². The van der Waals surface area contributed by atoms with Gasteiger partial charge in [-0.25, -0.2) is 0 Å². The topological polar surface area (TPSA) is 41.5 Å².